The first kappa shape index (κ1) is 22.0. The molecule has 1 aliphatic rings. The van der Waals surface area contributed by atoms with E-state index in [2.05, 4.69) is 20.1 Å². The second-order valence-corrected chi connectivity index (χ2v) is 8.09. The molecule has 0 spiro atoms. The topological polar surface area (TPSA) is 91.0 Å². The van der Waals surface area contributed by atoms with Crippen LogP contribution in [0.1, 0.15) is 17.5 Å². The molecule has 0 N–H and O–H groups in total. The van der Waals surface area contributed by atoms with E-state index in [1.54, 1.807) is 29.7 Å². The standard InChI is InChI=1S/C22H20F3N7O2/c1-11-27-19-18(13-6-15(24)16(25)7-14(13)23)28-22(29-20(19)21(33)31(11)3)32-4-5-34-17(10-32)12-8-26-30(2)9-12/h6-9,17H,4-5,10H2,1-3H3/t17-/m1/s1. The number of nitrogens with zero attached hydrogens (tertiary/aromatic N) is 7. The van der Waals surface area contributed by atoms with Gasteiger partial charge in [0, 0.05) is 44.0 Å². The molecular weight excluding hydrogens is 451 g/mol. The van der Waals surface area contributed by atoms with Gasteiger partial charge in [0.15, 0.2) is 17.2 Å². The molecule has 9 nitrogen and oxygen atoms in total. The van der Waals surface area contributed by atoms with Crippen LogP contribution in [0, 0.1) is 24.4 Å². The van der Waals surface area contributed by atoms with Crippen molar-refractivity contribution in [2.24, 2.45) is 14.1 Å². The van der Waals surface area contributed by atoms with Crippen molar-refractivity contribution in [3.8, 4) is 11.3 Å². The summed E-state index contributed by atoms with van der Waals surface area (Å²) >= 11 is 0. The number of aryl methyl sites for hydroxylation is 2. The van der Waals surface area contributed by atoms with E-state index in [1.165, 1.54) is 11.6 Å². The molecule has 1 saturated heterocycles. The lowest BCUT2D eigenvalue weighted by atomic mass is 10.1. The van der Waals surface area contributed by atoms with Crippen molar-refractivity contribution in [2.45, 2.75) is 13.0 Å². The number of anilines is 1. The Hall–Kier alpha value is -3.80. The number of aromatic nitrogens is 6. The van der Waals surface area contributed by atoms with Gasteiger partial charge in [0.25, 0.3) is 5.56 Å². The van der Waals surface area contributed by atoms with Crippen LogP contribution in [0.4, 0.5) is 19.1 Å². The summed E-state index contributed by atoms with van der Waals surface area (Å²) in [6.45, 7) is 2.69. The van der Waals surface area contributed by atoms with Crippen molar-refractivity contribution in [3.05, 3.63) is 63.7 Å². The van der Waals surface area contributed by atoms with Crippen molar-refractivity contribution in [1.29, 1.82) is 0 Å². The van der Waals surface area contributed by atoms with Crippen molar-refractivity contribution in [3.63, 3.8) is 0 Å². The van der Waals surface area contributed by atoms with Gasteiger partial charge in [-0.3, -0.25) is 14.0 Å². The summed E-state index contributed by atoms with van der Waals surface area (Å²) in [6, 6.07) is 1.15. The molecule has 0 bridgehead atoms. The van der Waals surface area contributed by atoms with Crippen LogP contribution >= 0.6 is 0 Å². The Balaban J connectivity index is 1.69. The second kappa shape index (κ2) is 8.20. The fourth-order valence-electron chi connectivity index (χ4n) is 3.91. The van der Waals surface area contributed by atoms with Gasteiger partial charge in [0.1, 0.15) is 29.0 Å². The van der Waals surface area contributed by atoms with Gasteiger partial charge < -0.3 is 9.64 Å². The Morgan fingerprint density at radius 3 is 2.53 bits per heavy atom. The Labute approximate surface area is 191 Å². The zero-order valence-corrected chi connectivity index (χ0v) is 18.6. The molecule has 4 aromatic rings. The monoisotopic (exact) mass is 471 g/mol. The molecule has 0 amide bonds. The highest BCUT2D eigenvalue weighted by atomic mass is 19.2. The summed E-state index contributed by atoms with van der Waals surface area (Å²) in [5, 5.41) is 4.17. The SMILES string of the molecule is Cc1nc2c(-c3cc(F)c(F)cc3F)nc(N3CCO[C@@H](c4cnn(C)c4)C3)nc2c(=O)n1C. The Kier molecular flexibility index (Phi) is 5.31. The molecule has 1 fully saturated rings. The predicted octanol–water partition coefficient (Wildman–Crippen LogP) is 2.43. The second-order valence-electron chi connectivity index (χ2n) is 8.09. The van der Waals surface area contributed by atoms with Crippen molar-refractivity contribution in [1.82, 2.24) is 29.3 Å². The predicted molar refractivity (Wildman–Crippen MR) is 117 cm³/mol. The number of morpholine rings is 1. The molecule has 4 heterocycles. The van der Waals surface area contributed by atoms with Gasteiger partial charge in [0.05, 0.1) is 19.3 Å². The molecular formula is C22H20F3N7O2. The van der Waals surface area contributed by atoms with E-state index >= 15 is 0 Å². The number of halogens is 3. The van der Waals surface area contributed by atoms with Crippen LogP contribution in [-0.4, -0.2) is 49.0 Å². The van der Waals surface area contributed by atoms with E-state index in [4.69, 9.17) is 4.74 Å². The molecule has 176 valence electrons. The van der Waals surface area contributed by atoms with Crippen LogP contribution in [0.3, 0.4) is 0 Å². The van der Waals surface area contributed by atoms with E-state index in [-0.39, 0.29) is 34.3 Å². The minimum Gasteiger partial charge on any atom is -0.370 e. The van der Waals surface area contributed by atoms with Gasteiger partial charge >= 0.3 is 0 Å². The average molecular weight is 471 g/mol. The molecule has 0 aliphatic carbocycles. The first-order valence-electron chi connectivity index (χ1n) is 10.5. The third-order valence-electron chi connectivity index (χ3n) is 5.85. The molecule has 3 aromatic heterocycles. The Morgan fingerprint density at radius 1 is 1.03 bits per heavy atom. The zero-order valence-electron chi connectivity index (χ0n) is 18.6. The first-order valence-corrected chi connectivity index (χ1v) is 10.5. The maximum absolute atomic E-state index is 14.8. The quantitative estimate of drug-likeness (QED) is 0.424. The lowest BCUT2D eigenvalue weighted by molar-refractivity contribution is 0.0392. The molecule has 1 aromatic carbocycles. The van der Waals surface area contributed by atoms with E-state index in [0.717, 1.165) is 5.56 Å². The van der Waals surface area contributed by atoms with Crippen LogP contribution in [0.5, 0.6) is 0 Å². The van der Waals surface area contributed by atoms with Gasteiger partial charge in [-0.2, -0.15) is 5.10 Å². The van der Waals surface area contributed by atoms with Gasteiger partial charge in [-0.25, -0.2) is 28.1 Å². The fraction of sp³-hybridized carbons (Fsp3) is 0.318. The number of hydrogen-bond donors (Lipinski definition) is 0. The van der Waals surface area contributed by atoms with Gasteiger partial charge in [-0.15, -0.1) is 0 Å². The third-order valence-corrected chi connectivity index (χ3v) is 5.85. The summed E-state index contributed by atoms with van der Waals surface area (Å²) in [7, 11) is 3.33. The van der Waals surface area contributed by atoms with E-state index < -0.39 is 23.0 Å². The van der Waals surface area contributed by atoms with Crippen molar-refractivity contribution >= 4 is 17.0 Å². The summed E-state index contributed by atoms with van der Waals surface area (Å²) in [5.74, 6) is -3.13. The maximum atomic E-state index is 14.8. The highest BCUT2D eigenvalue weighted by Crippen LogP contribution is 2.31. The molecule has 0 saturated carbocycles. The van der Waals surface area contributed by atoms with Gasteiger partial charge in [0.2, 0.25) is 5.95 Å². The third kappa shape index (κ3) is 3.69. The lowest BCUT2D eigenvalue weighted by Gasteiger charge is -2.32. The molecule has 1 atom stereocenters. The van der Waals surface area contributed by atoms with Crippen LogP contribution in [0.25, 0.3) is 22.3 Å². The molecule has 34 heavy (non-hydrogen) atoms. The minimum atomic E-state index is -1.33. The molecule has 12 heteroatoms. The smallest absolute Gasteiger partial charge is 0.279 e. The van der Waals surface area contributed by atoms with E-state index in [9.17, 15) is 18.0 Å². The molecule has 0 radical (unpaired) electrons. The molecule has 0 unspecified atom stereocenters. The largest absolute Gasteiger partial charge is 0.370 e. The number of ether oxygens (including phenoxy) is 1. The summed E-state index contributed by atoms with van der Waals surface area (Å²) in [6.07, 6.45) is 3.20. The minimum absolute atomic E-state index is 0.00586. The highest BCUT2D eigenvalue weighted by Gasteiger charge is 2.27. The van der Waals surface area contributed by atoms with Crippen LogP contribution < -0.4 is 10.5 Å². The first-order chi connectivity index (χ1) is 16.2. The average Bonchev–Trinajstić information content (AvgIpc) is 3.26. The summed E-state index contributed by atoms with van der Waals surface area (Å²) in [5.41, 5.74) is -0.0695. The van der Waals surface area contributed by atoms with Crippen molar-refractivity contribution in [2.75, 3.05) is 24.6 Å². The van der Waals surface area contributed by atoms with Gasteiger partial charge in [-0.1, -0.05) is 0 Å². The maximum Gasteiger partial charge on any atom is 0.279 e. The van der Waals surface area contributed by atoms with E-state index in [1.807, 2.05) is 6.20 Å². The lowest BCUT2D eigenvalue weighted by Crippen LogP contribution is -2.39. The van der Waals surface area contributed by atoms with Crippen LogP contribution in [0.2, 0.25) is 0 Å². The van der Waals surface area contributed by atoms with E-state index in [0.29, 0.717) is 37.7 Å². The number of rotatable bonds is 3. The van der Waals surface area contributed by atoms with Crippen LogP contribution in [0.15, 0.2) is 29.3 Å². The summed E-state index contributed by atoms with van der Waals surface area (Å²) < 4.78 is 51.2. The zero-order chi connectivity index (χ0) is 24.1. The molecule has 1 aliphatic heterocycles. The number of benzene rings is 1. The van der Waals surface area contributed by atoms with Gasteiger partial charge in [-0.05, 0) is 13.0 Å². The Bertz CT molecular complexity index is 1480. The Morgan fingerprint density at radius 2 is 1.79 bits per heavy atom. The van der Waals surface area contributed by atoms with Crippen molar-refractivity contribution < 1.29 is 17.9 Å². The number of hydrogen-bond acceptors (Lipinski definition) is 7. The summed E-state index contributed by atoms with van der Waals surface area (Å²) in [4.78, 5) is 28.1. The van der Waals surface area contributed by atoms with Crippen LogP contribution in [-0.2, 0) is 18.8 Å². The normalized spacial score (nSPS) is 16.4. The molecule has 5 rings (SSSR count). The highest BCUT2D eigenvalue weighted by molar-refractivity contribution is 5.89. The fourth-order valence-corrected chi connectivity index (χ4v) is 3.91. The number of fused-ring (bicyclic) bond motifs is 1.